The number of carbonyl (C=O) groups excluding carboxylic acids is 1. The van der Waals surface area contributed by atoms with Gasteiger partial charge in [0.15, 0.2) is 11.5 Å². The number of hydrogen-bond donors (Lipinski definition) is 2. The van der Waals surface area contributed by atoms with Crippen molar-refractivity contribution in [2.75, 3.05) is 13.1 Å². The molecule has 2 aromatic carbocycles. The summed E-state index contributed by atoms with van der Waals surface area (Å²) in [5, 5.41) is 19.4. The van der Waals surface area contributed by atoms with Crippen molar-refractivity contribution in [3.05, 3.63) is 59.2 Å². The summed E-state index contributed by atoms with van der Waals surface area (Å²) >= 11 is 0. The Morgan fingerprint density at radius 1 is 1.18 bits per heavy atom. The zero-order valence-electron chi connectivity index (χ0n) is 12.5. The van der Waals surface area contributed by atoms with E-state index in [0.717, 1.165) is 6.42 Å². The molecule has 0 saturated carbocycles. The first-order valence-corrected chi connectivity index (χ1v) is 7.43. The van der Waals surface area contributed by atoms with E-state index in [9.17, 15) is 15.0 Å². The van der Waals surface area contributed by atoms with E-state index in [2.05, 4.69) is 25.1 Å². The summed E-state index contributed by atoms with van der Waals surface area (Å²) < 4.78 is 0. The predicted molar refractivity (Wildman–Crippen MR) is 84.2 cm³/mol. The zero-order chi connectivity index (χ0) is 15.7. The number of nitrogens with zero attached hydrogens (tertiary/aromatic N) is 1. The van der Waals surface area contributed by atoms with Crippen molar-refractivity contribution >= 4 is 5.91 Å². The molecule has 1 heterocycles. The van der Waals surface area contributed by atoms with Crippen LogP contribution in [0.5, 0.6) is 11.5 Å². The summed E-state index contributed by atoms with van der Waals surface area (Å²) in [6.07, 6.45) is 0.911. The molecule has 1 saturated heterocycles. The van der Waals surface area contributed by atoms with Crippen molar-refractivity contribution in [3.63, 3.8) is 0 Å². The molecule has 0 spiro atoms. The molecule has 1 aliphatic rings. The first kappa shape index (κ1) is 14.4. The maximum absolute atomic E-state index is 12.5. The van der Waals surface area contributed by atoms with Crippen LogP contribution < -0.4 is 0 Å². The molecule has 1 fully saturated rings. The standard InChI is InChI=1S/C18H19NO3/c1-12-4-2-5-13(10-12)14-8-9-19(11-14)18(22)15-6-3-7-16(20)17(15)21/h2-7,10,14,20-21H,8-9,11H2,1H3/t14-/m0/s1. The Labute approximate surface area is 129 Å². The number of phenols is 2. The van der Waals surface area contributed by atoms with Gasteiger partial charge >= 0.3 is 0 Å². The van der Waals surface area contributed by atoms with E-state index in [-0.39, 0.29) is 23.0 Å². The summed E-state index contributed by atoms with van der Waals surface area (Å²) in [5.41, 5.74) is 2.62. The van der Waals surface area contributed by atoms with E-state index in [1.807, 2.05) is 6.07 Å². The third-order valence-corrected chi connectivity index (χ3v) is 4.23. The summed E-state index contributed by atoms with van der Waals surface area (Å²) in [5.74, 6) is -0.515. The number of benzene rings is 2. The highest BCUT2D eigenvalue weighted by atomic mass is 16.3. The minimum absolute atomic E-state index is 0.157. The second kappa shape index (κ2) is 5.72. The van der Waals surface area contributed by atoms with Crippen LogP contribution in [0.15, 0.2) is 42.5 Å². The second-order valence-corrected chi connectivity index (χ2v) is 5.82. The Bertz CT molecular complexity index is 711. The number of carbonyl (C=O) groups is 1. The first-order chi connectivity index (χ1) is 10.6. The quantitative estimate of drug-likeness (QED) is 0.838. The number of likely N-dealkylation sites (tertiary alicyclic amines) is 1. The van der Waals surface area contributed by atoms with Gasteiger partial charge in [0.1, 0.15) is 0 Å². The maximum atomic E-state index is 12.5. The van der Waals surface area contributed by atoms with Crippen molar-refractivity contribution in [2.45, 2.75) is 19.3 Å². The molecular formula is C18H19NO3. The Balaban J connectivity index is 1.78. The minimum atomic E-state index is -0.341. The fraction of sp³-hybridized carbons (Fsp3) is 0.278. The van der Waals surface area contributed by atoms with Gasteiger partial charge in [-0.2, -0.15) is 0 Å². The zero-order valence-corrected chi connectivity index (χ0v) is 12.5. The molecule has 0 aliphatic carbocycles. The van der Waals surface area contributed by atoms with E-state index < -0.39 is 0 Å². The molecule has 22 heavy (non-hydrogen) atoms. The fourth-order valence-corrected chi connectivity index (χ4v) is 3.02. The predicted octanol–water partition coefficient (Wildman–Crippen LogP) is 3.04. The molecule has 1 amide bonds. The van der Waals surface area contributed by atoms with Crippen LogP contribution in [0.25, 0.3) is 0 Å². The average molecular weight is 297 g/mol. The molecule has 114 valence electrons. The summed E-state index contributed by atoms with van der Waals surface area (Å²) in [7, 11) is 0. The maximum Gasteiger partial charge on any atom is 0.257 e. The lowest BCUT2D eigenvalue weighted by atomic mass is 9.97. The Hall–Kier alpha value is -2.49. The molecule has 4 heteroatoms. The van der Waals surface area contributed by atoms with Crippen LogP contribution in [0.3, 0.4) is 0 Å². The van der Waals surface area contributed by atoms with E-state index in [1.165, 1.54) is 23.3 Å². The largest absolute Gasteiger partial charge is 0.504 e. The Morgan fingerprint density at radius 3 is 2.73 bits per heavy atom. The number of aromatic hydroxyl groups is 2. The van der Waals surface area contributed by atoms with Crippen LogP contribution in [-0.2, 0) is 0 Å². The van der Waals surface area contributed by atoms with Crippen LogP contribution in [0, 0.1) is 6.92 Å². The molecule has 3 rings (SSSR count). The third-order valence-electron chi connectivity index (χ3n) is 4.23. The molecule has 2 N–H and O–H groups in total. The molecule has 1 aliphatic heterocycles. The van der Waals surface area contributed by atoms with Crippen molar-refractivity contribution in [1.82, 2.24) is 4.90 Å². The SMILES string of the molecule is Cc1cccc([C@H]2CCN(C(=O)c3cccc(O)c3O)C2)c1. The number of rotatable bonds is 2. The molecule has 0 unspecified atom stereocenters. The number of aryl methyl sites for hydroxylation is 1. The van der Waals surface area contributed by atoms with Gasteiger partial charge in [0.25, 0.3) is 5.91 Å². The lowest BCUT2D eigenvalue weighted by Crippen LogP contribution is -2.28. The van der Waals surface area contributed by atoms with Crippen LogP contribution in [0.2, 0.25) is 0 Å². The monoisotopic (exact) mass is 297 g/mol. The van der Waals surface area contributed by atoms with Crippen LogP contribution in [0.4, 0.5) is 0 Å². The molecule has 4 nitrogen and oxygen atoms in total. The number of amides is 1. The number of hydrogen-bond acceptors (Lipinski definition) is 3. The van der Waals surface area contributed by atoms with E-state index >= 15 is 0 Å². The minimum Gasteiger partial charge on any atom is -0.504 e. The van der Waals surface area contributed by atoms with Gasteiger partial charge < -0.3 is 15.1 Å². The number of para-hydroxylation sites is 1. The van der Waals surface area contributed by atoms with Gasteiger partial charge in [0.05, 0.1) is 5.56 Å². The highest BCUT2D eigenvalue weighted by Gasteiger charge is 2.29. The molecular weight excluding hydrogens is 278 g/mol. The van der Waals surface area contributed by atoms with Gasteiger partial charge in [-0.05, 0) is 31.0 Å². The van der Waals surface area contributed by atoms with E-state index in [0.29, 0.717) is 19.0 Å². The normalized spacial score (nSPS) is 17.7. The third kappa shape index (κ3) is 2.64. The Kier molecular flexibility index (Phi) is 3.75. The van der Waals surface area contributed by atoms with Gasteiger partial charge in [0, 0.05) is 19.0 Å². The highest BCUT2D eigenvalue weighted by molar-refractivity contribution is 5.97. The highest BCUT2D eigenvalue weighted by Crippen LogP contribution is 2.32. The van der Waals surface area contributed by atoms with Gasteiger partial charge in [-0.25, -0.2) is 0 Å². The summed E-state index contributed by atoms with van der Waals surface area (Å²) in [4.78, 5) is 14.3. The summed E-state index contributed by atoms with van der Waals surface area (Å²) in [6, 6.07) is 12.8. The lowest BCUT2D eigenvalue weighted by Gasteiger charge is -2.18. The summed E-state index contributed by atoms with van der Waals surface area (Å²) in [6.45, 7) is 3.36. The van der Waals surface area contributed by atoms with Gasteiger partial charge in [-0.1, -0.05) is 35.9 Å². The van der Waals surface area contributed by atoms with E-state index in [1.54, 1.807) is 11.0 Å². The smallest absolute Gasteiger partial charge is 0.257 e. The topological polar surface area (TPSA) is 60.8 Å². The molecule has 0 radical (unpaired) electrons. The fourth-order valence-electron chi connectivity index (χ4n) is 3.02. The van der Waals surface area contributed by atoms with Gasteiger partial charge in [0.2, 0.25) is 0 Å². The molecule has 0 bridgehead atoms. The molecule has 1 atom stereocenters. The average Bonchev–Trinajstić information content (AvgIpc) is 2.99. The van der Waals surface area contributed by atoms with Crippen LogP contribution >= 0.6 is 0 Å². The van der Waals surface area contributed by atoms with E-state index in [4.69, 9.17) is 0 Å². The van der Waals surface area contributed by atoms with Crippen molar-refractivity contribution in [2.24, 2.45) is 0 Å². The van der Waals surface area contributed by atoms with Crippen molar-refractivity contribution in [3.8, 4) is 11.5 Å². The van der Waals surface area contributed by atoms with Crippen LogP contribution in [-0.4, -0.2) is 34.1 Å². The first-order valence-electron chi connectivity index (χ1n) is 7.43. The van der Waals surface area contributed by atoms with Crippen LogP contribution in [0.1, 0.15) is 33.8 Å². The lowest BCUT2D eigenvalue weighted by molar-refractivity contribution is 0.0787. The van der Waals surface area contributed by atoms with Crippen molar-refractivity contribution in [1.29, 1.82) is 0 Å². The Morgan fingerprint density at radius 2 is 1.95 bits per heavy atom. The molecule has 0 aromatic heterocycles. The van der Waals surface area contributed by atoms with Crippen molar-refractivity contribution < 1.29 is 15.0 Å². The van der Waals surface area contributed by atoms with Gasteiger partial charge in [-0.15, -0.1) is 0 Å². The van der Waals surface area contributed by atoms with Gasteiger partial charge in [-0.3, -0.25) is 4.79 Å². The molecule has 2 aromatic rings. The second-order valence-electron chi connectivity index (χ2n) is 5.82. The number of phenolic OH excluding ortho intramolecular Hbond substituents is 2.